The van der Waals surface area contributed by atoms with Gasteiger partial charge in [-0.1, -0.05) is 12.8 Å². The van der Waals surface area contributed by atoms with Crippen molar-refractivity contribution in [1.82, 2.24) is 9.71 Å². The molecule has 4 rings (SSSR count). The van der Waals surface area contributed by atoms with E-state index >= 15 is 0 Å². The summed E-state index contributed by atoms with van der Waals surface area (Å²) in [5, 5.41) is 3.83. The monoisotopic (exact) mass is 427 g/mol. The third-order valence-electron chi connectivity index (χ3n) is 5.41. The first kappa shape index (κ1) is 20.4. The molecule has 2 aromatic carbocycles. The predicted octanol–water partition coefficient (Wildman–Crippen LogP) is 3.96. The van der Waals surface area contributed by atoms with Crippen LogP contribution in [0.3, 0.4) is 0 Å². The number of hydrogen-bond donors (Lipinski definition) is 3. The molecule has 30 heavy (non-hydrogen) atoms. The number of H-pyrrole nitrogens is 1. The van der Waals surface area contributed by atoms with Crippen LogP contribution >= 0.6 is 0 Å². The molecule has 1 aliphatic rings. The zero-order valence-corrected chi connectivity index (χ0v) is 17.8. The molecule has 1 amide bonds. The molecule has 1 aliphatic carbocycles. The number of sulfonamides is 1. The average molecular weight is 428 g/mol. The molecular weight excluding hydrogens is 402 g/mol. The molecule has 1 heterocycles. The number of fused-ring (bicyclic) bond motifs is 1. The highest BCUT2D eigenvalue weighted by Gasteiger charge is 2.26. The summed E-state index contributed by atoms with van der Waals surface area (Å²) in [5.74, 6) is -0.178. The molecular formula is C22H25N3O4S. The highest BCUT2D eigenvalue weighted by molar-refractivity contribution is 7.89. The lowest BCUT2D eigenvalue weighted by Gasteiger charge is -2.16. The zero-order valence-electron chi connectivity index (χ0n) is 17.0. The van der Waals surface area contributed by atoms with Crippen LogP contribution in [0.1, 0.15) is 41.7 Å². The van der Waals surface area contributed by atoms with Crippen LogP contribution in [0.15, 0.2) is 47.4 Å². The number of amides is 1. The topological polar surface area (TPSA) is 100 Å². The molecule has 3 N–H and O–H groups in total. The quantitative estimate of drug-likeness (QED) is 0.554. The summed E-state index contributed by atoms with van der Waals surface area (Å²) in [6.45, 7) is 1.97. The summed E-state index contributed by atoms with van der Waals surface area (Å²) in [6, 6.07) is 11.9. The van der Waals surface area contributed by atoms with Crippen LogP contribution in [0.2, 0.25) is 0 Å². The van der Waals surface area contributed by atoms with Crippen molar-refractivity contribution in [1.29, 1.82) is 0 Å². The third kappa shape index (κ3) is 4.20. The van der Waals surface area contributed by atoms with E-state index in [9.17, 15) is 13.2 Å². The molecule has 3 aromatic rings. The van der Waals surface area contributed by atoms with E-state index in [2.05, 4.69) is 15.0 Å². The number of hydrogen-bond acceptors (Lipinski definition) is 4. The van der Waals surface area contributed by atoms with E-state index in [4.69, 9.17) is 4.74 Å². The number of benzene rings is 2. The first-order chi connectivity index (χ1) is 14.4. The predicted molar refractivity (Wildman–Crippen MR) is 117 cm³/mol. The van der Waals surface area contributed by atoms with Gasteiger partial charge >= 0.3 is 0 Å². The number of carbonyl (C=O) groups is 1. The van der Waals surface area contributed by atoms with Crippen LogP contribution in [0.5, 0.6) is 5.75 Å². The number of aromatic nitrogens is 1. The standard InChI is InChI=1S/C22H25N3O4S/c1-14-11-16-12-18(8-9-19(16)23-14)24-22(26)15-7-10-20(29-2)21(13-15)30(27,28)25-17-5-3-4-6-17/h7-13,17,23,25H,3-6H2,1-2H3,(H,24,26). The number of anilines is 1. The van der Waals surface area contributed by atoms with E-state index in [0.717, 1.165) is 42.3 Å². The van der Waals surface area contributed by atoms with Crippen LogP contribution < -0.4 is 14.8 Å². The number of aromatic amines is 1. The van der Waals surface area contributed by atoms with Gasteiger partial charge in [-0.15, -0.1) is 0 Å². The van der Waals surface area contributed by atoms with Gasteiger partial charge in [0.15, 0.2) is 0 Å². The van der Waals surface area contributed by atoms with Gasteiger partial charge in [0, 0.05) is 33.9 Å². The zero-order chi connectivity index (χ0) is 21.3. The lowest BCUT2D eigenvalue weighted by atomic mass is 10.2. The summed E-state index contributed by atoms with van der Waals surface area (Å²) in [7, 11) is -2.39. The van der Waals surface area contributed by atoms with Crippen LogP contribution in [0, 0.1) is 6.92 Å². The molecule has 0 aliphatic heterocycles. The van der Waals surface area contributed by atoms with Crippen LogP contribution in [-0.2, 0) is 10.0 Å². The van der Waals surface area contributed by atoms with Crippen LogP contribution in [0.25, 0.3) is 10.9 Å². The maximum absolute atomic E-state index is 12.9. The Kier molecular flexibility index (Phi) is 5.53. The molecule has 0 radical (unpaired) electrons. The molecule has 1 aromatic heterocycles. The number of aryl methyl sites for hydroxylation is 1. The van der Waals surface area contributed by atoms with E-state index in [-0.39, 0.29) is 28.2 Å². The van der Waals surface area contributed by atoms with E-state index in [1.165, 1.54) is 19.2 Å². The van der Waals surface area contributed by atoms with E-state index in [1.807, 2.05) is 25.1 Å². The van der Waals surface area contributed by atoms with Gasteiger partial charge in [-0.3, -0.25) is 4.79 Å². The molecule has 8 heteroatoms. The van der Waals surface area contributed by atoms with Gasteiger partial charge in [0.25, 0.3) is 5.91 Å². The van der Waals surface area contributed by atoms with Crippen LogP contribution in [-0.4, -0.2) is 32.5 Å². The van der Waals surface area contributed by atoms with Gasteiger partial charge in [0.1, 0.15) is 10.6 Å². The summed E-state index contributed by atoms with van der Waals surface area (Å²) < 4.78 is 33.8. The van der Waals surface area contributed by atoms with Crippen LogP contribution in [0.4, 0.5) is 5.69 Å². The number of nitrogens with one attached hydrogen (secondary N) is 3. The minimum Gasteiger partial charge on any atom is -0.495 e. The fraction of sp³-hybridized carbons (Fsp3) is 0.318. The Labute approximate surface area is 175 Å². The Bertz CT molecular complexity index is 1190. The summed E-state index contributed by atoms with van der Waals surface area (Å²) in [4.78, 5) is 16.0. The first-order valence-corrected chi connectivity index (χ1v) is 11.4. The van der Waals surface area contributed by atoms with Crippen molar-refractivity contribution in [2.24, 2.45) is 0 Å². The Morgan fingerprint density at radius 3 is 2.60 bits per heavy atom. The van der Waals surface area contributed by atoms with Crippen molar-refractivity contribution in [2.45, 2.75) is 43.5 Å². The Morgan fingerprint density at radius 1 is 1.10 bits per heavy atom. The van der Waals surface area contributed by atoms with Crippen molar-refractivity contribution in [2.75, 3.05) is 12.4 Å². The number of rotatable bonds is 6. The molecule has 1 fully saturated rings. The summed E-state index contributed by atoms with van der Waals surface area (Å²) >= 11 is 0. The van der Waals surface area contributed by atoms with E-state index in [0.29, 0.717) is 5.69 Å². The van der Waals surface area contributed by atoms with Crippen molar-refractivity contribution in [3.05, 3.63) is 53.7 Å². The second kappa shape index (κ2) is 8.12. The minimum atomic E-state index is -3.80. The SMILES string of the molecule is COc1ccc(C(=O)Nc2ccc3[nH]c(C)cc3c2)cc1S(=O)(=O)NC1CCCC1. The smallest absolute Gasteiger partial charge is 0.255 e. The lowest BCUT2D eigenvalue weighted by molar-refractivity contribution is 0.102. The average Bonchev–Trinajstić information content (AvgIpc) is 3.35. The van der Waals surface area contributed by atoms with E-state index in [1.54, 1.807) is 12.1 Å². The van der Waals surface area contributed by atoms with Crippen molar-refractivity contribution >= 4 is 32.5 Å². The van der Waals surface area contributed by atoms with Gasteiger partial charge in [-0.25, -0.2) is 13.1 Å². The normalized spacial score (nSPS) is 14.9. The summed E-state index contributed by atoms with van der Waals surface area (Å²) in [5.41, 5.74) is 2.90. The van der Waals surface area contributed by atoms with E-state index < -0.39 is 10.0 Å². The highest BCUT2D eigenvalue weighted by Crippen LogP contribution is 2.28. The van der Waals surface area contributed by atoms with Gasteiger partial charge in [0.2, 0.25) is 10.0 Å². The molecule has 0 atom stereocenters. The highest BCUT2D eigenvalue weighted by atomic mass is 32.2. The van der Waals surface area contributed by atoms with Gasteiger partial charge in [-0.2, -0.15) is 0 Å². The third-order valence-corrected chi connectivity index (χ3v) is 6.95. The number of ether oxygens (including phenoxy) is 1. The van der Waals surface area contributed by atoms with Crippen molar-refractivity contribution < 1.29 is 17.9 Å². The fourth-order valence-corrected chi connectivity index (χ4v) is 5.41. The second-order valence-corrected chi connectivity index (χ2v) is 9.36. The van der Waals surface area contributed by atoms with Gasteiger partial charge in [-0.05, 0) is 62.2 Å². The Balaban J connectivity index is 1.60. The lowest BCUT2D eigenvalue weighted by Crippen LogP contribution is -2.33. The second-order valence-electron chi connectivity index (χ2n) is 7.68. The summed E-state index contributed by atoms with van der Waals surface area (Å²) in [6.07, 6.45) is 3.67. The largest absolute Gasteiger partial charge is 0.495 e. The first-order valence-electron chi connectivity index (χ1n) is 9.97. The Morgan fingerprint density at radius 2 is 1.87 bits per heavy atom. The Hall–Kier alpha value is -2.84. The molecule has 0 spiro atoms. The molecule has 0 saturated heterocycles. The van der Waals surface area contributed by atoms with Gasteiger partial charge in [0.05, 0.1) is 7.11 Å². The molecule has 7 nitrogen and oxygen atoms in total. The number of carbonyl (C=O) groups excluding carboxylic acids is 1. The maximum Gasteiger partial charge on any atom is 0.255 e. The molecule has 0 unspecified atom stereocenters. The number of methoxy groups -OCH3 is 1. The van der Waals surface area contributed by atoms with Crippen molar-refractivity contribution in [3.8, 4) is 5.75 Å². The maximum atomic E-state index is 12.9. The molecule has 0 bridgehead atoms. The molecule has 1 saturated carbocycles. The van der Waals surface area contributed by atoms with Gasteiger partial charge < -0.3 is 15.0 Å². The molecule has 158 valence electrons. The fourth-order valence-electron chi connectivity index (χ4n) is 3.91. The minimum absolute atomic E-state index is 0.0266. The van der Waals surface area contributed by atoms with Crippen molar-refractivity contribution in [3.63, 3.8) is 0 Å².